The monoisotopic (exact) mass is 246 g/mol. The molecule has 1 aromatic rings. The molecule has 18 heavy (non-hydrogen) atoms. The van der Waals surface area contributed by atoms with E-state index in [1.54, 1.807) is 0 Å². The van der Waals surface area contributed by atoms with Crippen molar-refractivity contribution in [2.75, 3.05) is 0 Å². The van der Waals surface area contributed by atoms with E-state index in [0.717, 1.165) is 18.8 Å². The summed E-state index contributed by atoms with van der Waals surface area (Å²) in [5.41, 5.74) is 8.62. The quantitative estimate of drug-likeness (QED) is 0.838. The normalized spacial score (nSPS) is 24.9. The molecule has 1 unspecified atom stereocenters. The van der Waals surface area contributed by atoms with Gasteiger partial charge in [-0.15, -0.1) is 0 Å². The van der Waals surface area contributed by atoms with Crippen molar-refractivity contribution in [2.24, 2.45) is 11.7 Å². The van der Waals surface area contributed by atoms with Crippen molar-refractivity contribution < 1.29 is 0 Å². The van der Waals surface area contributed by atoms with E-state index in [1.165, 1.54) is 17.5 Å². The number of nitrogens with one attached hydrogen (secondary N) is 1. The first kappa shape index (κ1) is 13.6. The molecule has 0 spiro atoms. The van der Waals surface area contributed by atoms with Gasteiger partial charge < -0.3 is 11.1 Å². The minimum absolute atomic E-state index is 0.420. The van der Waals surface area contributed by atoms with Crippen LogP contribution in [0.3, 0.4) is 0 Å². The Morgan fingerprint density at radius 1 is 1.17 bits per heavy atom. The average molecular weight is 246 g/mol. The summed E-state index contributed by atoms with van der Waals surface area (Å²) in [5.74, 6) is 0.725. The summed E-state index contributed by atoms with van der Waals surface area (Å²) in [4.78, 5) is 0. The van der Waals surface area contributed by atoms with Crippen molar-refractivity contribution >= 4 is 0 Å². The highest BCUT2D eigenvalue weighted by Crippen LogP contribution is 2.22. The van der Waals surface area contributed by atoms with E-state index in [4.69, 9.17) is 5.73 Å². The smallest absolute Gasteiger partial charge is 0.0294 e. The van der Waals surface area contributed by atoms with E-state index < -0.39 is 0 Å². The van der Waals surface area contributed by atoms with Gasteiger partial charge in [0.1, 0.15) is 0 Å². The predicted octanol–water partition coefficient (Wildman–Crippen LogP) is 3.03. The molecule has 0 amide bonds. The summed E-state index contributed by atoms with van der Waals surface area (Å²) >= 11 is 0. The third-order valence-electron chi connectivity index (χ3n) is 3.78. The van der Waals surface area contributed by atoms with Gasteiger partial charge in [0.2, 0.25) is 0 Å². The standard InChI is InChI=1S/C16H26N2/c1-11(2)8-13-4-6-14(7-5-13)12(3)18-16-9-15(17)10-16/h4-7,11-12,15-16,18H,8-10,17H2,1-3H3. The maximum atomic E-state index is 5.81. The SMILES string of the molecule is CC(C)Cc1ccc(C(C)NC2CC(N)C2)cc1. The average Bonchev–Trinajstić information content (AvgIpc) is 2.27. The fraction of sp³-hybridized carbons (Fsp3) is 0.625. The third-order valence-corrected chi connectivity index (χ3v) is 3.78. The van der Waals surface area contributed by atoms with E-state index in [-0.39, 0.29) is 0 Å². The Bertz CT molecular complexity index is 363. The van der Waals surface area contributed by atoms with Gasteiger partial charge in [-0.05, 0) is 43.2 Å². The topological polar surface area (TPSA) is 38.0 Å². The van der Waals surface area contributed by atoms with Crippen molar-refractivity contribution in [3.05, 3.63) is 35.4 Å². The molecule has 0 radical (unpaired) electrons. The largest absolute Gasteiger partial charge is 0.328 e. The first-order chi connectivity index (χ1) is 8.54. The minimum atomic E-state index is 0.420. The van der Waals surface area contributed by atoms with Gasteiger partial charge in [0, 0.05) is 18.1 Å². The first-order valence-corrected chi connectivity index (χ1v) is 7.15. The summed E-state index contributed by atoms with van der Waals surface area (Å²) in [6, 6.07) is 10.5. The maximum absolute atomic E-state index is 5.81. The van der Waals surface area contributed by atoms with Crippen molar-refractivity contribution in [3.63, 3.8) is 0 Å². The molecule has 1 aliphatic carbocycles. The van der Waals surface area contributed by atoms with E-state index in [0.29, 0.717) is 18.1 Å². The summed E-state index contributed by atoms with van der Waals surface area (Å²) in [6.07, 6.45) is 3.41. The van der Waals surface area contributed by atoms with Crippen LogP contribution < -0.4 is 11.1 Å². The lowest BCUT2D eigenvalue weighted by Crippen LogP contribution is -2.49. The number of hydrogen-bond acceptors (Lipinski definition) is 2. The summed E-state index contributed by atoms with van der Waals surface area (Å²) in [7, 11) is 0. The van der Waals surface area contributed by atoms with E-state index in [1.807, 2.05) is 0 Å². The van der Waals surface area contributed by atoms with Crippen LogP contribution in [0.4, 0.5) is 0 Å². The molecule has 100 valence electrons. The molecule has 0 bridgehead atoms. The number of benzene rings is 1. The van der Waals surface area contributed by atoms with E-state index >= 15 is 0 Å². The lowest BCUT2D eigenvalue weighted by Gasteiger charge is -2.35. The molecule has 2 heteroatoms. The second kappa shape index (κ2) is 5.85. The van der Waals surface area contributed by atoms with Crippen molar-refractivity contribution in [2.45, 2.75) is 58.2 Å². The maximum Gasteiger partial charge on any atom is 0.0294 e. The molecule has 1 saturated carbocycles. The van der Waals surface area contributed by atoms with Crippen LogP contribution in [0, 0.1) is 5.92 Å². The summed E-state index contributed by atoms with van der Waals surface area (Å²) in [6.45, 7) is 6.76. The molecule has 1 aliphatic rings. The first-order valence-electron chi connectivity index (χ1n) is 7.15. The second-order valence-electron chi connectivity index (χ2n) is 6.16. The molecular weight excluding hydrogens is 220 g/mol. The van der Waals surface area contributed by atoms with Gasteiger partial charge in [0.25, 0.3) is 0 Å². The summed E-state index contributed by atoms with van der Waals surface area (Å²) in [5, 5.41) is 3.64. The van der Waals surface area contributed by atoms with Gasteiger partial charge in [0.15, 0.2) is 0 Å². The highest BCUT2D eigenvalue weighted by molar-refractivity contribution is 5.25. The Morgan fingerprint density at radius 2 is 1.78 bits per heavy atom. The molecule has 0 saturated heterocycles. The van der Waals surface area contributed by atoms with Crippen LogP contribution in [-0.4, -0.2) is 12.1 Å². The molecular formula is C16H26N2. The zero-order valence-corrected chi connectivity index (χ0v) is 11.8. The number of rotatable bonds is 5. The van der Waals surface area contributed by atoms with Gasteiger partial charge in [-0.1, -0.05) is 38.1 Å². The molecule has 0 aromatic heterocycles. The molecule has 0 aliphatic heterocycles. The molecule has 2 rings (SSSR count). The van der Waals surface area contributed by atoms with E-state index in [9.17, 15) is 0 Å². The summed E-state index contributed by atoms with van der Waals surface area (Å²) < 4.78 is 0. The Hall–Kier alpha value is -0.860. The van der Waals surface area contributed by atoms with Crippen LogP contribution in [0.25, 0.3) is 0 Å². The van der Waals surface area contributed by atoms with Gasteiger partial charge in [-0.25, -0.2) is 0 Å². The Morgan fingerprint density at radius 3 is 2.28 bits per heavy atom. The predicted molar refractivity (Wildman–Crippen MR) is 77.5 cm³/mol. The minimum Gasteiger partial charge on any atom is -0.328 e. The zero-order valence-electron chi connectivity index (χ0n) is 11.8. The van der Waals surface area contributed by atoms with Gasteiger partial charge in [-0.3, -0.25) is 0 Å². The van der Waals surface area contributed by atoms with Crippen LogP contribution in [0.1, 0.15) is 50.8 Å². The molecule has 1 aromatic carbocycles. The van der Waals surface area contributed by atoms with Crippen LogP contribution in [0.5, 0.6) is 0 Å². The Labute approximate surface area is 111 Å². The Balaban J connectivity index is 1.88. The lowest BCUT2D eigenvalue weighted by atomic mass is 9.86. The molecule has 2 nitrogen and oxygen atoms in total. The molecule has 3 N–H and O–H groups in total. The van der Waals surface area contributed by atoms with Crippen LogP contribution >= 0.6 is 0 Å². The lowest BCUT2D eigenvalue weighted by molar-refractivity contribution is 0.272. The third kappa shape index (κ3) is 3.56. The highest BCUT2D eigenvalue weighted by atomic mass is 15.0. The van der Waals surface area contributed by atoms with Crippen LogP contribution in [0.15, 0.2) is 24.3 Å². The fourth-order valence-electron chi connectivity index (χ4n) is 2.66. The van der Waals surface area contributed by atoms with Gasteiger partial charge in [-0.2, -0.15) is 0 Å². The molecule has 0 heterocycles. The number of nitrogens with two attached hydrogens (primary N) is 1. The highest BCUT2D eigenvalue weighted by Gasteiger charge is 2.26. The van der Waals surface area contributed by atoms with E-state index in [2.05, 4.69) is 50.4 Å². The molecule has 1 atom stereocenters. The Kier molecular flexibility index (Phi) is 4.41. The zero-order chi connectivity index (χ0) is 13.1. The van der Waals surface area contributed by atoms with Gasteiger partial charge >= 0.3 is 0 Å². The van der Waals surface area contributed by atoms with Crippen LogP contribution in [-0.2, 0) is 6.42 Å². The fourth-order valence-corrected chi connectivity index (χ4v) is 2.66. The van der Waals surface area contributed by atoms with Crippen molar-refractivity contribution in [1.82, 2.24) is 5.32 Å². The second-order valence-corrected chi connectivity index (χ2v) is 6.16. The van der Waals surface area contributed by atoms with Crippen LogP contribution in [0.2, 0.25) is 0 Å². The molecule has 1 fully saturated rings. The van der Waals surface area contributed by atoms with Crippen molar-refractivity contribution in [3.8, 4) is 0 Å². The van der Waals surface area contributed by atoms with Crippen molar-refractivity contribution in [1.29, 1.82) is 0 Å². The van der Waals surface area contributed by atoms with Gasteiger partial charge in [0.05, 0.1) is 0 Å². The number of hydrogen-bond donors (Lipinski definition) is 2.